The van der Waals surface area contributed by atoms with Crippen LogP contribution in [0.1, 0.15) is 63.7 Å². The van der Waals surface area contributed by atoms with Gasteiger partial charge in [0.05, 0.1) is 11.7 Å². The summed E-state index contributed by atoms with van der Waals surface area (Å²) >= 11 is 0. The van der Waals surface area contributed by atoms with Crippen molar-refractivity contribution < 1.29 is 19.7 Å². The van der Waals surface area contributed by atoms with E-state index in [2.05, 4.69) is 26.8 Å². The number of phenols is 1. The molecule has 0 spiro atoms. The van der Waals surface area contributed by atoms with Crippen molar-refractivity contribution in [1.82, 2.24) is 0 Å². The summed E-state index contributed by atoms with van der Waals surface area (Å²) in [6.45, 7) is 8.13. The Balaban J connectivity index is 2.25. The lowest BCUT2D eigenvalue weighted by atomic mass is 9.80. The normalized spacial score (nSPS) is 28.0. The molecule has 4 nitrogen and oxygen atoms in total. The molecule has 0 heterocycles. The van der Waals surface area contributed by atoms with E-state index in [1.165, 1.54) is 17.7 Å². The zero-order valence-electron chi connectivity index (χ0n) is 16.2. The fraction of sp³-hybridized carbons (Fsp3) is 0.500. The quantitative estimate of drug-likeness (QED) is 0.590. The molecule has 2 N–H and O–H groups in total. The van der Waals surface area contributed by atoms with E-state index in [-0.39, 0.29) is 11.2 Å². The summed E-state index contributed by atoms with van der Waals surface area (Å²) in [4.78, 5) is 12.5. The maximum Gasteiger partial charge on any atom is 0.338 e. The maximum atomic E-state index is 12.5. The number of carbonyl (C=O) groups is 1. The number of aliphatic hydroxyl groups is 1. The first-order valence-corrected chi connectivity index (χ1v) is 9.21. The molecule has 1 aromatic rings. The molecule has 0 radical (unpaired) electrons. The highest BCUT2D eigenvalue weighted by Gasteiger charge is 2.28. The van der Waals surface area contributed by atoms with Crippen molar-refractivity contribution in [3.05, 3.63) is 53.1 Å². The van der Waals surface area contributed by atoms with Gasteiger partial charge in [-0.25, -0.2) is 4.79 Å². The van der Waals surface area contributed by atoms with Gasteiger partial charge in [0.2, 0.25) is 0 Å². The van der Waals surface area contributed by atoms with E-state index < -0.39 is 18.2 Å². The predicted molar refractivity (Wildman–Crippen MR) is 103 cm³/mol. The number of hydrogen-bond acceptors (Lipinski definition) is 4. The molecule has 142 valence electrons. The SMILES string of the molecule is C/C1=C/C[C@@H](OC(=O)c2ccc(O)cc2)/C(C)=C/[C@@H](O)C(C)(C)CCC1. The molecule has 0 aliphatic heterocycles. The number of hydrogen-bond donors (Lipinski definition) is 2. The van der Waals surface area contributed by atoms with Gasteiger partial charge in [0.1, 0.15) is 11.9 Å². The zero-order valence-corrected chi connectivity index (χ0v) is 16.2. The second kappa shape index (κ2) is 8.54. The summed E-state index contributed by atoms with van der Waals surface area (Å²) in [5.74, 6) is -0.325. The van der Waals surface area contributed by atoms with Crippen molar-refractivity contribution in [2.24, 2.45) is 5.41 Å². The van der Waals surface area contributed by atoms with E-state index in [0.29, 0.717) is 12.0 Å². The van der Waals surface area contributed by atoms with Crippen molar-refractivity contribution in [2.45, 2.75) is 65.6 Å². The van der Waals surface area contributed by atoms with Crippen LogP contribution in [0.2, 0.25) is 0 Å². The second-order valence-corrected chi connectivity index (χ2v) is 7.92. The van der Waals surface area contributed by atoms with Crippen LogP contribution in [-0.2, 0) is 4.74 Å². The van der Waals surface area contributed by atoms with Gasteiger partial charge >= 0.3 is 5.97 Å². The number of rotatable bonds is 2. The number of benzene rings is 1. The lowest BCUT2D eigenvalue weighted by Gasteiger charge is -2.29. The number of esters is 1. The fourth-order valence-electron chi connectivity index (χ4n) is 3.08. The summed E-state index contributed by atoms with van der Waals surface area (Å²) in [6, 6.07) is 6.02. The maximum absolute atomic E-state index is 12.5. The van der Waals surface area contributed by atoms with Crippen LogP contribution >= 0.6 is 0 Å². The molecule has 0 amide bonds. The molecule has 1 aliphatic carbocycles. The van der Waals surface area contributed by atoms with Crippen LogP contribution in [0.25, 0.3) is 0 Å². The number of phenolic OH excluding ortho intramolecular Hbond substituents is 1. The van der Waals surface area contributed by atoms with Gasteiger partial charge in [-0.1, -0.05) is 31.6 Å². The Morgan fingerprint density at radius 2 is 1.85 bits per heavy atom. The standard InChI is InChI=1S/C22H30O4/c1-15-6-5-13-22(3,4)20(24)14-16(2)19(12-7-15)26-21(25)17-8-10-18(23)11-9-17/h7-11,14,19-20,23-24H,5-6,12-13H2,1-4H3/b15-7-,16-14+/t19-,20-/m1/s1. The highest BCUT2D eigenvalue weighted by Crippen LogP contribution is 2.31. The summed E-state index contributed by atoms with van der Waals surface area (Å²) in [5.41, 5.74) is 2.29. The van der Waals surface area contributed by atoms with Gasteiger partial charge in [-0.3, -0.25) is 0 Å². The molecular formula is C22H30O4. The third-order valence-electron chi connectivity index (χ3n) is 5.15. The summed E-state index contributed by atoms with van der Waals surface area (Å²) in [7, 11) is 0. The van der Waals surface area contributed by atoms with Crippen LogP contribution in [0, 0.1) is 5.41 Å². The molecule has 2 atom stereocenters. The lowest BCUT2D eigenvalue weighted by molar-refractivity contribution is 0.0368. The Morgan fingerprint density at radius 1 is 1.19 bits per heavy atom. The average molecular weight is 358 g/mol. The number of carbonyl (C=O) groups excluding carboxylic acids is 1. The molecule has 0 saturated heterocycles. The van der Waals surface area contributed by atoms with Gasteiger partial charge in [-0.05, 0) is 68.4 Å². The summed E-state index contributed by atoms with van der Waals surface area (Å²) in [5, 5.41) is 20.0. The van der Waals surface area contributed by atoms with Gasteiger partial charge in [0.25, 0.3) is 0 Å². The van der Waals surface area contributed by atoms with Crippen molar-refractivity contribution in [3.63, 3.8) is 0 Å². The number of allylic oxidation sites excluding steroid dienone is 1. The summed E-state index contributed by atoms with van der Waals surface area (Å²) in [6.07, 6.45) is 6.46. The molecule has 4 heteroatoms. The first-order chi connectivity index (χ1) is 12.2. The second-order valence-electron chi connectivity index (χ2n) is 7.92. The van der Waals surface area contributed by atoms with Crippen LogP contribution in [0.4, 0.5) is 0 Å². The highest BCUT2D eigenvalue weighted by atomic mass is 16.5. The minimum absolute atomic E-state index is 0.108. The molecule has 2 rings (SSSR count). The Hall–Kier alpha value is -2.07. The summed E-state index contributed by atoms with van der Waals surface area (Å²) < 4.78 is 5.72. The topological polar surface area (TPSA) is 66.8 Å². The van der Waals surface area contributed by atoms with Gasteiger partial charge in [0.15, 0.2) is 0 Å². The number of aromatic hydroxyl groups is 1. The van der Waals surface area contributed by atoms with E-state index in [0.717, 1.165) is 24.8 Å². The van der Waals surface area contributed by atoms with Crippen LogP contribution in [0.3, 0.4) is 0 Å². The first-order valence-electron chi connectivity index (χ1n) is 9.21. The molecule has 26 heavy (non-hydrogen) atoms. The van der Waals surface area contributed by atoms with Gasteiger partial charge < -0.3 is 14.9 Å². The third kappa shape index (κ3) is 5.46. The average Bonchev–Trinajstić information content (AvgIpc) is 2.59. The first kappa shape index (κ1) is 20.2. The molecule has 0 aromatic heterocycles. The van der Waals surface area contributed by atoms with E-state index in [1.807, 2.05) is 13.0 Å². The molecule has 0 bridgehead atoms. The lowest BCUT2D eigenvalue weighted by Crippen LogP contribution is -2.29. The largest absolute Gasteiger partial charge is 0.508 e. The van der Waals surface area contributed by atoms with Gasteiger partial charge in [-0.2, -0.15) is 0 Å². The van der Waals surface area contributed by atoms with Crippen LogP contribution < -0.4 is 0 Å². The monoisotopic (exact) mass is 358 g/mol. The van der Waals surface area contributed by atoms with Crippen LogP contribution in [0.5, 0.6) is 5.75 Å². The fourth-order valence-corrected chi connectivity index (χ4v) is 3.08. The van der Waals surface area contributed by atoms with Gasteiger partial charge in [-0.15, -0.1) is 0 Å². The molecule has 0 unspecified atom stereocenters. The third-order valence-corrected chi connectivity index (χ3v) is 5.15. The molecular weight excluding hydrogens is 328 g/mol. The zero-order chi connectivity index (χ0) is 19.3. The molecule has 0 saturated carbocycles. The molecule has 0 fully saturated rings. The Morgan fingerprint density at radius 3 is 2.50 bits per heavy atom. The van der Waals surface area contributed by atoms with E-state index in [1.54, 1.807) is 12.1 Å². The van der Waals surface area contributed by atoms with Crippen LogP contribution in [0.15, 0.2) is 47.6 Å². The minimum Gasteiger partial charge on any atom is -0.508 e. The smallest absolute Gasteiger partial charge is 0.338 e. The van der Waals surface area contributed by atoms with Gasteiger partial charge in [0, 0.05) is 6.42 Å². The van der Waals surface area contributed by atoms with E-state index >= 15 is 0 Å². The minimum atomic E-state index is -0.587. The van der Waals surface area contributed by atoms with E-state index in [4.69, 9.17) is 4.74 Å². The predicted octanol–water partition coefficient (Wildman–Crippen LogP) is 4.77. The Labute approximate surface area is 156 Å². The van der Waals surface area contributed by atoms with Crippen molar-refractivity contribution >= 4 is 5.97 Å². The van der Waals surface area contributed by atoms with Crippen molar-refractivity contribution in [1.29, 1.82) is 0 Å². The highest BCUT2D eigenvalue weighted by molar-refractivity contribution is 5.89. The van der Waals surface area contributed by atoms with E-state index in [9.17, 15) is 15.0 Å². The Bertz CT molecular complexity index is 683. The van der Waals surface area contributed by atoms with Crippen molar-refractivity contribution in [3.8, 4) is 5.75 Å². The van der Waals surface area contributed by atoms with Crippen molar-refractivity contribution in [2.75, 3.05) is 0 Å². The molecule has 1 aliphatic rings. The number of ether oxygens (including phenoxy) is 1. The molecule has 1 aromatic carbocycles. The number of aliphatic hydroxyl groups excluding tert-OH is 1. The van der Waals surface area contributed by atoms with Crippen LogP contribution in [-0.4, -0.2) is 28.4 Å². The Kier molecular flexibility index (Phi) is 6.65.